The molecule has 36 heavy (non-hydrogen) atoms. The number of benzene rings is 4. The molecule has 0 N–H and O–H groups in total. The van der Waals surface area contributed by atoms with Crippen LogP contribution in [0.5, 0.6) is 11.5 Å². The third kappa shape index (κ3) is 4.89. The van der Waals surface area contributed by atoms with Gasteiger partial charge in [-0.1, -0.05) is 72.5 Å². The van der Waals surface area contributed by atoms with Crippen LogP contribution in [0.4, 0.5) is 10.1 Å². The number of rotatable bonds is 6. The number of thioether (sulfide) groups is 1. The zero-order valence-electron chi connectivity index (χ0n) is 19.0. The minimum Gasteiger partial charge on any atom is -0.493 e. The van der Waals surface area contributed by atoms with Gasteiger partial charge < -0.3 is 9.47 Å². The van der Waals surface area contributed by atoms with Crippen LogP contribution >= 0.6 is 39.9 Å². The molecule has 0 atom stereocenters. The fraction of sp³-hybridized carbons (Fsp3) is 0.0714. The molecule has 1 heterocycles. The highest BCUT2D eigenvalue weighted by atomic mass is 79.9. The topological polar surface area (TPSA) is 38.8 Å². The van der Waals surface area contributed by atoms with Crippen LogP contribution in [0, 0.1) is 5.82 Å². The fourth-order valence-electron chi connectivity index (χ4n) is 3.99. The zero-order valence-corrected chi connectivity index (χ0v) is 22.3. The van der Waals surface area contributed by atoms with Crippen LogP contribution in [0.1, 0.15) is 11.1 Å². The van der Waals surface area contributed by atoms with E-state index < -0.39 is 5.82 Å². The molecule has 0 unspecified atom stereocenters. The molecule has 4 aromatic rings. The number of ether oxygens (including phenoxy) is 2. The van der Waals surface area contributed by atoms with Crippen LogP contribution in [0.15, 0.2) is 88.2 Å². The Balaban J connectivity index is 1.41. The third-order valence-corrected chi connectivity index (χ3v) is 7.55. The number of hydrogen-bond donors (Lipinski definition) is 0. The van der Waals surface area contributed by atoms with Crippen LogP contribution in [0.2, 0.25) is 0 Å². The Hall–Kier alpha value is -3.20. The van der Waals surface area contributed by atoms with E-state index in [0.29, 0.717) is 37.5 Å². The lowest BCUT2D eigenvalue weighted by Crippen LogP contribution is -2.27. The van der Waals surface area contributed by atoms with Crippen molar-refractivity contribution in [2.75, 3.05) is 12.0 Å². The van der Waals surface area contributed by atoms with Crippen molar-refractivity contribution in [1.82, 2.24) is 0 Å². The molecule has 0 radical (unpaired) electrons. The van der Waals surface area contributed by atoms with Gasteiger partial charge in [-0.05, 0) is 74.2 Å². The summed E-state index contributed by atoms with van der Waals surface area (Å²) in [5.74, 6) is 0.353. The molecule has 1 fully saturated rings. The van der Waals surface area contributed by atoms with Gasteiger partial charge in [-0.15, -0.1) is 0 Å². The average molecular weight is 581 g/mol. The molecule has 0 aliphatic carbocycles. The lowest BCUT2D eigenvalue weighted by Gasteiger charge is -2.15. The molecule has 1 amide bonds. The van der Waals surface area contributed by atoms with Gasteiger partial charge in [-0.25, -0.2) is 4.39 Å². The van der Waals surface area contributed by atoms with Crippen molar-refractivity contribution in [3.8, 4) is 11.5 Å². The van der Waals surface area contributed by atoms with Crippen LogP contribution in [0.25, 0.3) is 16.8 Å². The Morgan fingerprint density at radius 3 is 2.64 bits per heavy atom. The summed E-state index contributed by atoms with van der Waals surface area (Å²) in [6.45, 7) is 0.363. The summed E-state index contributed by atoms with van der Waals surface area (Å²) in [6.07, 6.45) is 1.74. The number of hydrogen-bond acceptors (Lipinski definition) is 5. The fourth-order valence-corrected chi connectivity index (χ4v) is 5.86. The first-order valence-electron chi connectivity index (χ1n) is 10.9. The standard InChI is InChI=1S/C28H19BrFNO3S2/c1-33-24-13-17(14-25-27(32)31(28(35)36-25)21-10-5-9-20(30)15-21)12-23(29)26(24)34-16-19-8-4-7-18-6-2-3-11-22(18)19/h2-15H,16H2,1H3/b25-14-. The van der Waals surface area contributed by atoms with Gasteiger partial charge in [-0.2, -0.15) is 0 Å². The van der Waals surface area contributed by atoms with Gasteiger partial charge in [0.2, 0.25) is 0 Å². The average Bonchev–Trinajstić information content (AvgIpc) is 3.15. The Morgan fingerprint density at radius 1 is 1.06 bits per heavy atom. The number of methoxy groups -OCH3 is 1. The van der Waals surface area contributed by atoms with Gasteiger partial charge in [-0.3, -0.25) is 9.69 Å². The number of nitrogens with zero attached hydrogens (tertiary/aromatic N) is 1. The number of amides is 1. The van der Waals surface area contributed by atoms with Crippen molar-refractivity contribution in [2.45, 2.75) is 6.61 Å². The molecule has 0 bridgehead atoms. The van der Waals surface area contributed by atoms with Crippen LogP contribution in [-0.2, 0) is 11.4 Å². The summed E-state index contributed by atoms with van der Waals surface area (Å²) in [5.41, 5.74) is 2.19. The van der Waals surface area contributed by atoms with Gasteiger partial charge in [0.25, 0.3) is 5.91 Å². The smallest absolute Gasteiger partial charge is 0.270 e. The molecule has 1 saturated heterocycles. The summed E-state index contributed by atoms with van der Waals surface area (Å²) in [7, 11) is 1.57. The second kappa shape index (κ2) is 10.4. The number of fused-ring (bicyclic) bond motifs is 1. The van der Waals surface area contributed by atoms with E-state index in [9.17, 15) is 9.18 Å². The Kier molecular flexibility index (Phi) is 7.09. The quantitative estimate of drug-likeness (QED) is 0.172. The van der Waals surface area contributed by atoms with E-state index >= 15 is 0 Å². The van der Waals surface area contributed by atoms with E-state index in [1.165, 1.54) is 28.8 Å². The van der Waals surface area contributed by atoms with E-state index in [4.69, 9.17) is 21.7 Å². The van der Waals surface area contributed by atoms with Gasteiger partial charge in [0.15, 0.2) is 15.8 Å². The summed E-state index contributed by atoms with van der Waals surface area (Å²) < 4.78 is 26.5. The maximum absolute atomic E-state index is 13.7. The second-order valence-electron chi connectivity index (χ2n) is 7.96. The van der Waals surface area contributed by atoms with Crippen molar-refractivity contribution in [3.05, 3.63) is 105 Å². The van der Waals surface area contributed by atoms with E-state index in [1.54, 1.807) is 31.4 Å². The molecule has 1 aliphatic rings. The molecular weight excluding hydrogens is 561 g/mol. The lowest BCUT2D eigenvalue weighted by molar-refractivity contribution is -0.113. The Morgan fingerprint density at radius 2 is 1.83 bits per heavy atom. The van der Waals surface area contributed by atoms with Crippen molar-refractivity contribution in [2.24, 2.45) is 0 Å². The second-order valence-corrected chi connectivity index (χ2v) is 10.5. The van der Waals surface area contributed by atoms with E-state index in [0.717, 1.165) is 21.9 Å². The Bertz CT molecular complexity index is 1530. The monoisotopic (exact) mass is 579 g/mol. The van der Waals surface area contributed by atoms with Crippen molar-refractivity contribution in [1.29, 1.82) is 0 Å². The minimum atomic E-state index is -0.432. The highest BCUT2D eigenvalue weighted by molar-refractivity contribution is 9.10. The molecular formula is C28H19BrFNO3S2. The molecule has 4 aromatic carbocycles. The van der Waals surface area contributed by atoms with E-state index in [-0.39, 0.29) is 5.91 Å². The number of thiocarbonyl (C=S) groups is 1. The number of carbonyl (C=O) groups excluding carboxylic acids is 1. The summed E-state index contributed by atoms with van der Waals surface area (Å²) >= 11 is 10.2. The number of halogens is 2. The van der Waals surface area contributed by atoms with Crippen LogP contribution < -0.4 is 14.4 Å². The first kappa shape index (κ1) is 24.5. The normalized spacial score (nSPS) is 14.6. The van der Waals surface area contributed by atoms with Crippen LogP contribution in [0.3, 0.4) is 0 Å². The van der Waals surface area contributed by atoms with Gasteiger partial charge in [0, 0.05) is 0 Å². The number of anilines is 1. The van der Waals surface area contributed by atoms with Crippen molar-refractivity contribution >= 4 is 72.7 Å². The first-order valence-corrected chi connectivity index (χ1v) is 13.0. The minimum absolute atomic E-state index is 0.304. The van der Waals surface area contributed by atoms with Crippen molar-refractivity contribution < 1.29 is 18.7 Å². The van der Waals surface area contributed by atoms with Crippen molar-refractivity contribution in [3.63, 3.8) is 0 Å². The van der Waals surface area contributed by atoms with Crippen LogP contribution in [-0.4, -0.2) is 17.3 Å². The van der Waals surface area contributed by atoms with Gasteiger partial charge in [0.05, 0.1) is 22.2 Å². The van der Waals surface area contributed by atoms with E-state index in [1.807, 2.05) is 30.3 Å². The molecule has 180 valence electrons. The molecule has 0 spiro atoms. The highest BCUT2D eigenvalue weighted by Gasteiger charge is 2.33. The molecule has 1 aliphatic heterocycles. The molecule has 8 heteroatoms. The SMILES string of the molecule is COc1cc(/C=C2\SC(=S)N(c3cccc(F)c3)C2=O)cc(Br)c1OCc1cccc2ccccc12. The lowest BCUT2D eigenvalue weighted by atomic mass is 10.1. The molecule has 0 aromatic heterocycles. The maximum atomic E-state index is 13.7. The predicted molar refractivity (Wildman–Crippen MR) is 151 cm³/mol. The molecule has 0 saturated carbocycles. The summed E-state index contributed by atoms with van der Waals surface area (Å²) in [6, 6.07) is 23.8. The van der Waals surface area contributed by atoms with Gasteiger partial charge in [0.1, 0.15) is 12.4 Å². The molecule has 4 nitrogen and oxygen atoms in total. The summed E-state index contributed by atoms with van der Waals surface area (Å²) in [4.78, 5) is 14.8. The number of carbonyl (C=O) groups is 1. The highest BCUT2D eigenvalue weighted by Crippen LogP contribution is 2.40. The third-order valence-electron chi connectivity index (χ3n) is 5.66. The Labute approximate surface area is 225 Å². The summed E-state index contributed by atoms with van der Waals surface area (Å²) in [5, 5.41) is 2.28. The largest absolute Gasteiger partial charge is 0.493 e. The molecule has 5 rings (SSSR count). The maximum Gasteiger partial charge on any atom is 0.270 e. The first-order chi connectivity index (χ1) is 17.4. The van der Waals surface area contributed by atoms with E-state index in [2.05, 4.69) is 34.1 Å². The predicted octanol–water partition coefficient (Wildman–Crippen LogP) is 7.73. The van der Waals surface area contributed by atoms with Gasteiger partial charge >= 0.3 is 0 Å². The zero-order chi connectivity index (χ0) is 25.2.